The smallest absolute Gasteiger partial charge is 0.310 e. The summed E-state index contributed by atoms with van der Waals surface area (Å²) < 4.78 is 4.91. The third kappa shape index (κ3) is 4.02. The molecular weight excluding hydrogens is 207 g/mol. The van der Waals surface area contributed by atoms with Crippen LogP contribution in [0.25, 0.3) is 0 Å². The number of allylic oxidation sites excluding steroid dienone is 2. The standard InChI is InChI=1S/C9H15O2P.ClH/c1-3-11-9(10)8-12(2)6-4-5-7-12;/h4-6H,3,7-8H2,1-2H3;1H. The summed E-state index contributed by atoms with van der Waals surface area (Å²) in [5.41, 5.74) is 0. The van der Waals surface area contributed by atoms with Crippen molar-refractivity contribution in [1.82, 2.24) is 0 Å². The highest BCUT2D eigenvalue weighted by Crippen LogP contribution is 2.44. The molecule has 0 saturated heterocycles. The molecule has 0 radical (unpaired) electrons. The minimum Gasteiger partial charge on any atom is -0.466 e. The van der Waals surface area contributed by atoms with E-state index in [1.165, 1.54) is 0 Å². The average molecular weight is 223 g/mol. The largest absolute Gasteiger partial charge is 0.466 e. The minimum absolute atomic E-state index is 0. The second-order valence-electron chi connectivity index (χ2n) is 3.20. The summed E-state index contributed by atoms with van der Waals surface area (Å²) in [6.45, 7) is 3.40. The minimum atomic E-state index is -1.12. The van der Waals surface area contributed by atoms with Gasteiger partial charge in [0.25, 0.3) is 0 Å². The van der Waals surface area contributed by atoms with E-state index in [1.54, 1.807) is 0 Å². The number of carbonyl (C=O) groups is 1. The molecule has 1 aliphatic rings. The molecule has 0 bridgehead atoms. The van der Waals surface area contributed by atoms with Crippen LogP contribution in [0.15, 0.2) is 12.2 Å². The second kappa shape index (κ2) is 5.51. The first-order chi connectivity index (χ1) is 5.66. The quantitative estimate of drug-likeness (QED) is 0.539. The zero-order valence-corrected chi connectivity index (χ0v) is 9.74. The SMILES string of the molecule is CCOC(=O)CP1(C)=CC=CC1.Cl. The Hall–Kier alpha value is -0.200. The maximum atomic E-state index is 11.2. The molecule has 0 aromatic rings. The van der Waals surface area contributed by atoms with Gasteiger partial charge in [0.15, 0.2) is 0 Å². The fourth-order valence-electron chi connectivity index (χ4n) is 1.25. The van der Waals surface area contributed by atoms with E-state index in [1.807, 2.05) is 6.92 Å². The average Bonchev–Trinajstić information content (AvgIpc) is 2.36. The molecule has 0 saturated carbocycles. The first-order valence-electron chi connectivity index (χ1n) is 4.17. The van der Waals surface area contributed by atoms with Crippen LogP contribution in [0.5, 0.6) is 0 Å². The number of esters is 1. The second-order valence-corrected chi connectivity index (χ2v) is 7.14. The monoisotopic (exact) mass is 222 g/mol. The number of halogens is 1. The fraction of sp³-hybridized carbons (Fsp3) is 0.556. The Morgan fingerprint density at radius 1 is 1.62 bits per heavy atom. The maximum Gasteiger partial charge on any atom is 0.310 e. The molecule has 0 N–H and O–H groups in total. The summed E-state index contributed by atoms with van der Waals surface area (Å²) in [6.07, 6.45) is 5.86. The van der Waals surface area contributed by atoms with Crippen LogP contribution in [0, 0.1) is 0 Å². The molecule has 1 heterocycles. The Balaban J connectivity index is 0.00000144. The molecule has 2 nitrogen and oxygen atoms in total. The van der Waals surface area contributed by atoms with Gasteiger partial charge in [-0.2, -0.15) is 0 Å². The van der Waals surface area contributed by atoms with E-state index in [0.29, 0.717) is 12.8 Å². The molecule has 0 aromatic heterocycles. The number of carbonyl (C=O) groups excluding carboxylic acids is 1. The molecule has 13 heavy (non-hydrogen) atoms. The summed E-state index contributed by atoms with van der Waals surface area (Å²) in [4.78, 5) is 11.2. The van der Waals surface area contributed by atoms with E-state index < -0.39 is 6.89 Å². The van der Waals surface area contributed by atoms with E-state index in [2.05, 4.69) is 24.6 Å². The van der Waals surface area contributed by atoms with E-state index in [4.69, 9.17) is 4.74 Å². The Morgan fingerprint density at radius 2 is 2.31 bits per heavy atom. The van der Waals surface area contributed by atoms with Gasteiger partial charge in [-0.3, -0.25) is 4.79 Å². The van der Waals surface area contributed by atoms with Crippen LogP contribution in [0.1, 0.15) is 6.92 Å². The molecule has 1 atom stereocenters. The van der Waals surface area contributed by atoms with Crippen LogP contribution in [0.2, 0.25) is 0 Å². The Bertz CT molecular complexity index is 258. The molecule has 76 valence electrons. The molecule has 0 aliphatic carbocycles. The highest BCUT2D eigenvalue weighted by Gasteiger charge is 2.16. The molecule has 0 fully saturated rings. The van der Waals surface area contributed by atoms with Crippen LogP contribution in [0.3, 0.4) is 0 Å². The van der Waals surface area contributed by atoms with Gasteiger partial charge < -0.3 is 4.74 Å². The third-order valence-electron chi connectivity index (χ3n) is 1.90. The van der Waals surface area contributed by atoms with Crippen molar-refractivity contribution >= 4 is 31.1 Å². The first kappa shape index (κ1) is 12.8. The molecular formula is C9H16ClO2P. The lowest BCUT2D eigenvalue weighted by molar-refractivity contribution is -0.139. The van der Waals surface area contributed by atoms with Gasteiger partial charge >= 0.3 is 5.97 Å². The predicted octanol–water partition coefficient (Wildman–Crippen LogP) is 1.99. The van der Waals surface area contributed by atoms with Crippen molar-refractivity contribution in [2.45, 2.75) is 6.92 Å². The van der Waals surface area contributed by atoms with Gasteiger partial charge in [0.05, 0.1) is 12.8 Å². The van der Waals surface area contributed by atoms with Gasteiger partial charge in [0, 0.05) is 0 Å². The van der Waals surface area contributed by atoms with Crippen LogP contribution >= 0.6 is 19.3 Å². The van der Waals surface area contributed by atoms with Crippen LogP contribution in [-0.2, 0) is 9.53 Å². The van der Waals surface area contributed by atoms with Gasteiger partial charge in [-0.1, -0.05) is 24.8 Å². The topological polar surface area (TPSA) is 26.3 Å². The van der Waals surface area contributed by atoms with Gasteiger partial charge in [0.1, 0.15) is 0 Å². The van der Waals surface area contributed by atoms with Gasteiger partial charge in [-0.15, -0.1) is 12.4 Å². The Morgan fingerprint density at radius 3 is 2.77 bits per heavy atom. The lowest BCUT2D eigenvalue weighted by Gasteiger charge is -2.14. The van der Waals surface area contributed by atoms with Crippen LogP contribution in [-0.4, -0.2) is 37.4 Å². The lowest BCUT2D eigenvalue weighted by Crippen LogP contribution is -2.10. The van der Waals surface area contributed by atoms with Crippen molar-refractivity contribution in [3.8, 4) is 0 Å². The van der Waals surface area contributed by atoms with Crippen molar-refractivity contribution in [1.29, 1.82) is 0 Å². The Labute approximate surface area is 85.7 Å². The molecule has 1 aliphatic heterocycles. The summed E-state index contributed by atoms with van der Waals surface area (Å²) >= 11 is 0. The van der Waals surface area contributed by atoms with Gasteiger partial charge in [0.2, 0.25) is 0 Å². The fourth-order valence-corrected chi connectivity index (χ4v) is 3.43. The number of hydrogen-bond acceptors (Lipinski definition) is 2. The van der Waals surface area contributed by atoms with Crippen LogP contribution in [0.4, 0.5) is 0 Å². The van der Waals surface area contributed by atoms with E-state index in [9.17, 15) is 4.79 Å². The van der Waals surface area contributed by atoms with Gasteiger partial charge in [-0.25, -0.2) is 0 Å². The summed E-state index contributed by atoms with van der Waals surface area (Å²) in [6, 6.07) is 0. The Kier molecular flexibility index (Phi) is 5.43. The van der Waals surface area contributed by atoms with Crippen molar-refractivity contribution in [3.63, 3.8) is 0 Å². The van der Waals surface area contributed by atoms with Crippen molar-refractivity contribution in [3.05, 3.63) is 12.2 Å². The van der Waals surface area contributed by atoms with Crippen LogP contribution < -0.4 is 0 Å². The molecule has 1 unspecified atom stereocenters. The molecule has 0 aromatic carbocycles. The normalized spacial score (nSPS) is 24.8. The third-order valence-corrected chi connectivity index (χ3v) is 4.82. The molecule has 4 heteroatoms. The molecule has 0 spiro atoms. The zero-order chi connectivity index (χ0) is 9.03. The number of hydrogen-bond donors (Lipinski definition) is 0. The predicted molar refractivity (Wildman–Crippen MR) is 61.7 cm³/mol. The van der Waals surface area contributed by atoms with Crippen molar-refractivity contribution in [2.75, 3.05) is 25.6 Å². The van der Waals surface area contributed by atoms with E-state index >= 15 is 0 Å². The van der Waals surface area contributed by atoms with E-state index in [0.717, 1.165) is 6.16 Å². The highest BCUT2D eigenvalue weighted by molar-refractivity contribution is 7.75. The number of rotatable bonds is 3. The first-order valence-corrected chi connectivity index (χ1v) is 6.85. The summed E-state index contributed by atoms with van der Waals surface area (Å²) in [5.74, 6) is 2.14. The maximum absolute atomic E-state index is 11.2. The number of ether oxygens (including phenoxy) is 1. The molecule has 0 amide bonds. The zero-order valence-electron chi connectivity index (χ0n) is 8.03. The van der Waals surface area contributed by atoms with Gasteiger partial charge in [-0.05, 0) is 19.8 Å². The molecule has 1 rings (SSSR count). The highest BCUT2D eigenvalue weighted by atomic mass is 35.5. The van der Waals surface area contributed by atoms with Crippen molar-refractivity contribution < 1.29 is 9.53 Å². The summed E-state index contributed by atoms with van der Waals surface area (Å²) in [7, 11) is 0. The van der Waals surface area contributed by atoms with Crippen molar-refractivity contribution in [2.24, 2.45) is 0 Å². The summed E-state index contributed by atoms with van der Waals surface area (Å²) in [5, 5.41) is 0. The van der Waals surface area contributed by atoms with E-state index in [-0.39, 0.29) is 18.4 Å². The lowest BCUT2D eigenvalue weighted by atomic mass is 10.6.